The van der Waals surface area contributed by atoms with Gasteiger partial charge in [0.15, 0.2) is 0 Å². The van der Waals surface area contributed by atoms with Gasteiger partial charge in [-0.05, 0) is 32.8 Å². The van der Waals surface area contributed by atoms with Crippen molar-refractivity contribution in [3.8, 4) is 0 Å². The molecule has 1 fully saturated rings. The molecule has 0 aromatic carbocycles. The lowest BCUT2D eigenvalue weighted by atomic mass is 9.97. The number of ether oxygens (including phenoxy) is 1. The van der Waals surface area contributed by atoms with Crippen LogP contribution in [-0.4, -0.2) is 48.1 Å². The van der Waals surface area contributed by atoms with Crippen molar-refractivity contribution in [2.24, 2.45) is 5.92 Å². The van der Waals surface area contributed by atoms with Crippen molar-refractivity contribution in [2.45, 2.75) is 26.7 Å². The highest BCUT2D eigenvalue weighted by molar-refractivity contribution is 5.84. The van der Waals surface area contributed by atoms with E-state index in [9.17, 15) is 9.59 Å². The Morgan fingerprint density at radius 2 is 2.32 bits per heavy atom. The van der Waals surface area contributed by atoms with Crippen molar-refractivity contribution < 1.29 is 14.3 Å². The Morgan fingerprint density at radius 3 is 3.05 bits per heavy atom. The maximum Gasteiger partial charge on any atom is 0.325 e. The smallest absolute Gasteiger partial charge is 0.325 e. The number of aryl methyl sites for hydroxylation is 1. The number of nitrogens with zero attached hydrogens (tertiary/aromatic N) is 3. The van der Waals surface area contributed by atoms with Gasteiger partial charge in [0.05, 0.1) is 12.5 Å². The molecule has 1 aromatic rings. The first-order chi connectivity index (χ1) is 10.6. The molecule has 0 radical (unpaired) electrons. The zero-order valence-electron chi connectivity index (χ0n) is 13.0. The van der Waals surface area contributed by atoms with E-state index in [4.69, 9.17) is 4.74 Å². The first-order valence-electron chi connectivity index (χ1n) is 7.58. The molecule has 1 aliphatic heterocycles. The Labute approximate surface area is 130 Å². The van der Waals surface area contributed by atoms with E-state index in [1.54, 1.807) is 13.1 Å². The summed E-state index contributed by atoms with van der Waals surface area (Å²) in [6.45, 7) is 5.29. The second kappa shape index (κ2) is 7.72. The van der Waals surface area contributed by atoms with Gasteiger partial charge in [-0.2, -0.15) is 0 Å². The number of carbonyl (C=O) groups is 2. The van der Waals surface area contributed by atoms with Crippen molar-refractivity contribution in [1.29, 1.82) is 0 Å². The summed E-state index contributed by atoms with van der Waals surface area (Å²) in [4.78, 5) is 34.1. The largest absolute Gasteiger partial charge is 0.465 e. The molecular formula is C15H22N4O3. The summed E-state index contributed by atoms with van der Waals surface area (Å²) < 4.78 is 4.80. The van der Waals surface area contributed by atoms with Gasteiger partial charge in [-0.15, -0.1) is 0 Å². The molecule has 0 aliphatic carbocycles. The summed E-state index contributed by atoms with van der Waals surface area (Å²) in [5.74, 6) is -0.0360. The number of anilines is 1. The third-order valence-corrected chi connectivity index (χ3v) is 3.57. The molecule has 7 heteroatoms. The van der Waals surface area contributed by atoms with Crippen LogP contribution in [0.15, 0.2) is 12.3 Å². The lowest BCUT2D eigenvalue weighted by Crippen LogP contribution is -2.45. The Bertz CT molecular complexity index is 535. The molecule has 7 nitrogen and oxygen atoms in total. The second-order valence-corrected chi connectivity index (χ2v) is 5.31. The van der Waals surface area contributed by atoms with Crippen LogP contribution in [0, 0.1) is 12.8 Å². The topological polar surface area (TPSA) is 84.4 Å². The van der Waals surface area contributed by atoms with Gasteiger partial charge in [0.1, 0.15) is 6.54 Å². The number of esters is 1. The monoisotopic (exact) mass is 306 g/mol. The summed E-state index contributed by atoms with van der Waals surface area (Å²) in [6.07, 6.45) is 3.42. The number of hydrogen-bond acceptors (Lipinski definition) is 6. The Hall–Kier alpha value is -2.18. The number of aromatic nitrogens is 2. The van der Waals surface area contributed by atoms with E-state index in [-0.39, 0.29) is 18.4 Å². The second-order valence-electron chi connectivity index (χ2n) is 5.31. The SMILES string of the molecule is CCOC(=O)CNC(=O)C1CCCN(c2nccc(C)n2)C1. The van der Waals surface area contributed by atoms with Gasteiger partial charge in [-0.25, -0.2) is 9.97 Å². The van der Waals surface area contributed by atoms with Gasteiger partial charge in [0, 0.05) is 25.0 Å². The van der Waals surface area contributed by atoms with E-state index in [1.165, 1.54) is 0 Å². The summed E-state index contributed by atoms with van der Waals surface area (Å²) in [7, 11) is 0. The maximum absolute atomic E-state index is 12.2. The van der Waals surface area contributed by atoms with Gasteiger partial charge in [-0.1, -0.05) is 0 Å². The molecule has 1 atom stereocenters. The van der Waals surface area contributed by atoms with E-state index in [1.807, 2.05) is 17.9 Å². The zero-order chi connectivity index (χ0) is 15.9. The van der Waals surface area contributed by atoms with Gasteiger partial charge in [0.2, 0.25) is 11.9 Å². The third kappa shape index (κ3) is 4.41. The zero-order valence-corrected chi connectivity index (χ0v) is 13.0. The molecule has 2 heterocycles. The van der Waals surface area contributed by atoms with E-state index >= 15 is 0 Å². The van der Waals surface area contributed by atoms with E-state index < -0.39 is 5.97 Å². The molecule has 22 heavy (non-hydrogen) atoms. The lowest BCUT2D eigenvalue weighted by molar-refractivity contribution is -0.143. The Kier molecular flexibility index (Phi) is 5.68. The van der Waals surface area contributed by atoms with Crippen LogP contribution in [0.2, 0.25) is 0 Å². The number of amides is 1. The minimum absolute atomic E-state index is 0.0792. The number of rotatable bonds is 5. The molecule has 1 saturated heterocycles. The molecule has 1 N–H and O–H groups in total. The van der Waals surface area contributed by atoms with Crippen molar-refractivity contribution in [1.82, 2.24) is 15.3 Å². The van der Waals surface area contributed by atoms with Crippen molar-refractivity contribution in [3.63, 3.8) is 0 Å². The van der Waals surface area contributed by atoms with E-state index in [2.05, 4.69) is 15.3 Å². The molecule has 1 aliphatic rings. The fourth-order valence-corrected chi connectivity index (χ4v) is 2.48. The quantitative estimate of drug-likeness (QED) is 0.805. The van der Waals surface area contributed by atoms with Crippen LogP contribution in [0.1, 0.15) is 25.5 Å². The van der Waals surface area contributed by atoms with Crippen molar-refractivity contribution in [2.75, 3.05) is 31.1 Å². The Morgan fingerprint density at radius 1 is 1.50 bits per heavy atom. The Balaban J connectivity index is 1.90. The van der Waals surface area contributed by atoms with Crippen LogP contribution in [0.5, 0.6) is 0 Å². The highest BCUT2D eigenvalue weighted by Crippen LogP contribution is 2.20. The van der Waals surface area contributed by atoms with Crippen LogP contribution in [-0.2, 0) is 14.3 Å². The summed E-state index contributed by atoms with van der Waals surface area (Å²) in [6, 6.07) is 1.84. The predicted octanol–water partition coefficient (Wildman–Crippen LogP) is 0.681. The standard InChI is InChI=1S/C15H22N4O3/c1-3-22-13(20)9-17-14(21)12-5-4-8-19(10-12)15-16-7-6-11(2)18-15/h6-7,12H,3-5,8-10H2,1-2H3,(H,17,21). The number of nitrogens with one attached hydrogen (secondary N) is 1. The van der Waals surface area contributed by atoms with Crippen LogP contribution >= 0.6 is 0 Å². The molecule has 2 rings (SSSR count). The molecule has 0 spiro atoms. The van der Waals surface area contributed by atoms with Crippen molar-refractivity contribution >= 4 is 17.8 Å². The average Bonchev–Trinajstić information content (AvgIpc) is 2.53. The number of hydrogen-bond donors (Lipinski definition) is 1. The first-order valence-corrected chi connectivity index (χ1v) is 7.58. The highest BCUT2D eigenvalue weighted by atomic mass is 16.5. The molecule has 1 unspecified atom stereocenters. The van der Waals surface area contributed by atoms with Gasteiger partial charge < -0.3 is 15.0 Å². The van der Waals surface area contributed by atoms with Gasteiger partial charge >= 0.3 is 5.97 Å². The first kappa shape index (κ1) is 16.2. The highest BCUT2D eigenvalue weighted by Gasteiger charge is 2.27. The minimum atomic E-state index is -0.412. The lowest BCUT2D eigenvalue weighted by Gasteiger charge is -2.32. The minimum Gasteiger partial charge on any atom is -0.465 e. The van der Waals surface area contributed by atoms with E-state index in [0.717, 1.165) is 25.1 Å². The molecular weight excluding hydrogens is 284 g/mol. The van der Waals surface area contributed by atoms with E-state index in [0.29, 0.717) is 19.1 Å². The molecule has 0 saturated carbocycles. The normalized spacial score (nSPS) is 17.9. The van der Waals surface area contributed by atoms with Crippen LogP contribution in [0.3, 0.4) is 0 Å². The summed E-state index contributed by atoms with van der Waals surface area (Å²) >= 11 is 0. The van der Waals surface area contributed by atoms with Crippen LogP contribution < -0.4 is 10.2 Å². The fraction of sp³-hybridized carbons (Fsp3) is 0.600. The number of carbonyl (C=O) groups excluding carboxylic acids is 2. The fourth-order valence-electron chi connectivity index (χ4n) is 2.48. The third-order valence-electron chi connectivity index (χ3n) is 3.57. The van der Waals surface area contributed by atoms with Crippen molar-refractivity contribution in [3.05, 3.63) is 18.0 Å². The van der Waals surface area contributed by atoms with Gasteiger partial charge in [0.25, 0.3) is 0 Å². The molecule has 1 aromatic heterocycles. The van der Waals surface area contributed by atoms with Crippen LogP contribution in [0.25, 0.3) is 0 Å². The van der Waals surface area contributed by atoms with Crippen LogP contribution in [0.4, 0.5) is 5.95 Å². The maximum atomic E-state index is 12.2. The van der Waals surface area contributed by atoms with Gasteiger partial charge in [-0.3, -0.25) is 9.59 Å². The molecule has 120 valence electrons. The summed E-state index contributed by atoms with van der Waals surface area (Å²) in [5, 5.41) is 2.64. The number of piperidine rings is 1. The predicted molar refractivity (Wildman–Crippen MR) is 81.3 cm³/mol. The molecule has 1 amide bonds. The average molecular weight is 306 g/mol. The summed E-state index contributed by atoms with van der Waals surface area (Å²) in [5.41, 5.74) is 0.902. The molecule has 0 bridgehead atoms.